The summed E-state index contributed by atoms with van der Waals surface area (Å²) in [6.07, 6.45) is 0. The molecule has 0 heterocycles. The highest BCUT2D eigenvalue weighted by Gasteiger charge is 2.19. The average Bonchev–Trinajstić information content (AvgIpc) is 2.49. The molecule has 0 bridgehead atoms. The Balaban J connectivity index is 2.04. The molecular formula is C19H23NO. The normalized spacial score (nSPS) is 12.4. The van der Waals surface area contributed by atoms with Gasteiger partial charge in [0.25, 0.3) is 0 Å². The van der Waals surface area contributed by atoms with Gasteiger partial charge in [0.15, 0.2) is 5.78 Å². The summed E-state index contributed by atoms with van der Waals surface area (Å²) < 4.78 is 0. The second-order valence-electron chi connectivity index (χ2n) is 5.81. The van der Waals surface area contributed by atoms with Crippen LogP contribution in [0.2, 0.25) is 0 Å². The Morgan fingerprint density at radius 2 is 1.43 bits per heavy atom. The molecular weight excluding hydrogens is 258 g/mol. The monoisotopic (exact) mass is 281 g/mol. The van der Waals surface area contributed by atoms with Crippen molar-refractivity contribution < 1.29 is 4.79 Å². The molecule has 0 amide bonds. The van der Waals surface area contributed by atoms with E-state index in [9.17, 15) is 4.79 Å². The molecule has 0 aliphatic rings. The highest BCUT2D eigenvalue weighted by atomic mass is 16.1. The van der Waals surface area contributed by atoms with Crippen molar-refractivity contribution in [2.75, 3.05) is 7.05 Å². The fourth-order valence-corrected chi connectivity index (χ4v) is 2.28. The van der Waals surface area contributed by atoms with Gasteiger partial charge in [0.2, 0.25) is 0 Å². The molecule has 0 aliphatic heterocycles. The standard InChI is InChI=1S/C19H23NO/c1-14-5-9-17(10-6-14)13-20(4)16(3)19(21)18-11-7-15(2)8-12-18/h5-12,16H,13H2,1-4H3. The third-order valence-electron chi connectivity index (χ3n) is 3.93. The lowest BCUT2D eigenvalue weighted by molar-refractivity contribution is 0.0862. The Morgan fingerprint density at radius 3 is 1.95 bits per heavy atom. The van der Waals surface area contributed by atoms with Gasteiger partial charge in [-0.25, -0.2) is 0 Å². The maximum atomic E-state index is 12.5. The van der Waals surface area contributed by atoms with E-state index in [0.29, 0.717) is 0 Å². The van der Waals surface area contributed by atoms with Crippen LogP contribution in [0.5, 0.6) is 0 Å². The van der Waals surface area contributed by atoms with Crippen LogP contribution < -0.4 is 0 Å². The molecule has 21 heavy (non-hydrogen) atoms. The first-order valence-electron chi connectivity index (χ1n) is 7.34. The fourth-order valence-electron chi connectivity index (χ4n) is 2.28. The fraction of sp³-hybridized carbons (Fsp3) is 0.316. The quantitative estimate of drug-likeness (QED) is 0.772. The van der Waals surface area contributed by atoms with Crippen LogP contribution in [-0.2, 0) is 6.54 Å². The van der Waals surface area contributed by atoms with Crippen molar-refractivity contribution in [3.63, 3.8) is 0 Å². The summed E-state index contributed by atoms with van der Waals surface area (Å²) in [5.41, 5.74) is 4.44. The summed E-state index contributed by atoms with van der Waals surface area (Å²) in [5.74, 6) is 0.171. The van der Waals surface area contributed by atoms with Crippen molar-refractivity contribution in [1.82, 2.24) is 4.90 Å². The lowest BCUT2D eigenvalue weighted by Gasteiger charge is -2.23. The molecule has 2 nitrogen and oxygen atoms in total. The first kappa shape index (κ1) is 15.5. The van der Waals surface area contributed by atoms with Gasteiger partial charge in [-0.2, -0.15) is 0 Å². The van der Waals surface area contributed by atoms with E-state index < -0.39 is 0 Å². The molecule has 0 saturated carbocycles. The third-order valence-corrected chi connectivity index (χ3v) is 3.93. The lowest BCUT2D eigenvalue weighted by Crippen LogP contribution is -2.35. The van der Waals surface area contributed by atoms with Crippen LogP contribution in [0.3, 0.4) is 0 Å². The molecule has 0 saturated heterocycles. The smallest absolute Gasteiger partial charge is 0.179 e. The Labute approximate surface area is 127 Å². The zero-order valence-corrected chi connectivity index (χ0v) is 13.3. The van der Waals surface area contributed by atoms with Gasteiger partial charge >= 0.3 is 0 Å². The second kappa shape index (κ2) is 6.68. The van der Waals surface area contributed by atoms with Crippen molar-refractivity contribution in [2.24, 2.45) is 0 Å². The Kier molecular flexibility index (Phi) is 4.92. The minimum absolute atomic E-state index is 0.131. The van der Waals surface area contributed by atoms with Gasteiger partial charge in [0.05, 0.1) is 6.04 Å². The molecule has 110 valence electrons. The first-order chi connectivity index (χ1) is 9.97. The summed E-state index contributed by atoms with van der Waals surface area (Å²) in [4.78, 5) is 14.6. The largest absolute Gasteiger partial charge is 0.292 e. The zero-order valence-electron chi connectivity index (χ0n) is 13.3. The number of Topliss-reactive ketones (excluding diaryl/α,β-unsaturated/α-hetero) is 1. The van der Waals surface area contributed by atoms with Crippen LogP contribution in [0.25, 0.3) is 0 Å². The lowest BCUT2D eigenvalue weighted by atomic mass is 10.0. The van der Waals surface area contributed by atoms with E-state index >= 15 is 0 Å². The van der Waals surface area contributed by atoms with Gasteiger partial charge < -0.3 is 0 Å². The Hall–Kier alpha value is -1.93. The number of rotatable bonds is 5. The van der Waals surface area contributed by atoms with E-state index in [0.717, 1.165) is 12.1 Å². The first-order valence-corrected chi connectivity index (χ1v) is 7.34. The number of hydrogen-bond acceptors (Lipinski definition) is 2. The van der Waals surface area contributed by atoms with Crippen molar-refractivity contribution >= 4 is 5.78 Å². The molecule has 0 radical (unpaired) electrons. The summed E-state index contributed by atoms with van der Waals surface area (Å²) in [7, 11) is 2.00. The molecule has 2 heteroatoms. The molecule has 2 rings (SSSR count). The van der Waals surface area contributed by atoms with Crippen LogP contribution in [0, 0.1) is 13.8 Å². The van der Waals surface area contributed by atoms with E-state index in [2.05, 4.69) is 36.1 Å². The van der Waals surface area contributed by atoms with Gasteiger partial charge in [0, 0.05) is 12.1 Å². The van der Waals surface area contributed by atoms with Gasteiger partial charge in [-0.3, -0.25) is 9.69 Å². The molecule has 0 N–H and O–H groups in total. The predicted molar refractivity (Wildman–Crippen MR) is 87.6 cm³/mol. The number of benzene rings is 2. The molecule has 0 aliphatic carbocycles. The maximum absolute atomic E-state index is 12.5. The summed E-state index contributed by atoms with van der Waals surface area (Å²) in [6.45, 7) is 6.85. The van der Waals surface area contributed by atoms with E-state index in [1.807, 2.05) is 45.2 Å². The molecule has 1 unspecified atom stereocenters. The van der Waals surface area contributed by atoms with Crippen LogP contribution in [0.1, 0.15) is 34.0 Å². The van der Waals surface area contributed by atoms with Crippen LogP contribution in [0.15, 0.2) is 48.5 Å². The minimum atomic E-state index is -0.131. The van der Waals surface area contributed by atoms with Gasteiger partial charge in [-0.1, -0.05) is 59.7 Å². The molecule has 1 atom stereocenters. The average molecular weight is 281 g/mol. The van der Waals surface area contributed by atoms with Crippen LogP contribution >= 0.6 is 0 Å². The summed E-state index contributed by atoms with van der Waals surface area (Å²) in [5, 5.41) is 0. The molecule has 2 aromatic rings. The van der Waals surface area contributed by atoms with E-state index in [4.69, 9.17) is 0 Å². The summed E-state index contributed by atoms with van der Waals surface area (Å²) in [6, 6.07) is 16.1. The number of carbonyl (C=O) groups excluding carboxylic acids is 1. The molecule has 0 fully saturated rings. The van der Waals surface area contributed by atoms with Crippen molar-refractivity contribution in [2.45, 2.75) is 33.4 Å². The van der Waals surface area contributed by atoms with Gasteiger partial charge in [0.1, 0.15) is 0 Å². The highest BCUT2D eigenvalue weighted by Crippen LogP contribution is 2.13. The van der Waals surface area contributed by atoms with Crippen molar-refractivity contribution in [1.29, 1.82) is 0 Å². The van der Waals surface area contributed by atoms with Gasteiger partial charge in [-0.05, 0) is 33.4 Å². The number of carbonyl (C=O) groups is 1. The highest BCUT2D eigenvalue weighted by molar-refractivity contribution is 5.99. The van der Waals surface area contributed by atoms with Crippen molar-refractivity contribution in [3.05, 3.63) is 70.8 Å². The Morgan fingerprint density at radius 1 is 0.952 bits per heavy atom. The number of aryl methyl sites for hydroxylation is 2. The summed E-state index contributed by atoms with van der Waals surface area (Å²) >= 11 is 0. The van der Waals surface area contributed by atoms with E-state index in [1.165, 1.54) is 16.7 Å². The van der Waals surface area contributed by atoms with Crippen LogP contribution in [-0.4, -0.2) is 23.8 Å². The molecule has 0 aromatic heterocycles. The minimum Gasteiger partial charge on any atom is -0.292 e. The van der Waals surface area contributed by atoms with E-state index in [-0.39, 0.29) is 11.8 Å². The SMILES string of the molecule is Cc1ccc(CN(C)C(C)C(=O)c2ccc(C)cc2)cc1. The third kappa shape index (κ3) is 4.02. The van der Waals surface area contributed by atoms with Crippen molar-refractivity contribution in [3.8, 4) is 0 Å². The number of nitrogens with zero attached hydrogens (tertiary/aromatic N) is 1. The van der Waals surface area contributed by atoms with Crippen LogP contribution in [0.4, 0.5) is 0 Å². The zero-order chi connectivity index (χ0) is 15.4. The number of likely N-dealkylation sites (N-methyl/N-ethyl adjacent to an activating group) is 1. The van der Waals surface area contributed by atoms with E-state index in [1.54, 1.807) is 0 Å². The topological polar surface area (TPSA) is 20.3 Å². The predicted octanol–water partition coefficient (Wildman–Crippen LogP) is 4.01. The van der Waals surface area contributed by atoms with Gasteiger partial charge in [-0.15, -0.1) is 0 Å². The molecule has 0 spiro atoms. The number of hydrogen-bond donors (Lipinski definition) is 0. The number of ketones is 1. The molecule has 2 aromatic carbocycles. The second-order valence-corrected chi connectivity index (χ2v) is 5.81. The Bertz CT molecular complexity index is 598. The maximum Gasteiger partial charge on any atom is 0.179 e.